The molecule has 0 saturated carbocycles. The molecule has 128 valence electrons. The van der Waals surface area contributed by atoms with Crippen LogP contribution < -0.4 is 5.32 Å². The molecule has 0 fully saturated rings. The van der Waals surface area contributed by atoms with Gasteiger partial charge in [-0.1, -0.05) is 0 Å². The van der Waals surface area contributed by atoms with E-state index in [9.17, 15) is 4.79 Å². The van der Waals surface area contributed by atoms with Gasteiger partial charge < -0.3 is 10.3 Å². The molecule has 0 spiro atoms. The number of aryl methyl sites for hydroxylation is 1. The highest BCUT2D eigenvalue weighted by Gasteiger charge is 2.18. The molecule has 1 amide bonds. The van der Waals surface area contributed by atoms with Crippen LogP contribution in [-0.4, -0.2) is 30.8 Å². The van der Waals surface area contributed by atoms with Crippen LogP contribution in [0.1, 0.15) is 12.6 Å². The first-order chi connectivity index (χ1) is 12.6. The molecule has 2 N–H and O–H groups in total. The molecule has 0 atom stereocenters. The number of amides is 1. The third-order valence-electron chi connectivity index (χ3n) is 3.93. The van der Waals surface area contributed by atoms with Crippen molar-refractivity contribution >= 4 is 22.8 Å². The first-order valence-electron chi connectivity index (χ1n) is 8.12. The van der Waals surface area contributed by atoms with E-state index in [4.69, 9.17) is 0 Å². The summed E-state index contributed by atoms with van der Waals surface area (Å²) in [7, 11) is 0. The Balaban J connectivity index is 1.96. The Morgan fingerprint density at radius 1 is 1.08 bits per heavy atom. The van der Waals surface area contributed by atoms with E-state index in [1.165, 1.54) is 6.92 Å². The van der Waals surface area contributed by atoms with Gasteiger partial charge in [-0.25, -0.2) is 15.0 Å². The molecule has 0 aliphatic rings. The Labute approximate surface area is 149 Å². The van der Waals surface area contributed by atoms with Crippen LogP contribution >= 0.6 is 0 Å². The van der Waals surface area contributed by atoms with E-state index in [1.807, 2.05) is 37.3 Å². The molecule has 7 nitrogen and oxygen atoms in total. The minimum Gasteiger partial charge on any atom is -0.353 e. The largest absolute Gasteiger partial charge is 0.353 e. The lowest BCUT2D eigenvalue weighted by Crippen LogP contribution is -2.07. The van der Waals surface area contributed by atoms with E-state index in [2.05, 4.69) is 30.2 Å². The van der Waals surface area contributed by atoms with Crippen molar-refractivity contribution in [3.05, 3.63) is 54.6 Å². The molecule has 0 unspecified atom stereocenters. The molecule has 4 aromatic heterocycles. The number of hydrogen-bond donors (Lipinski definition) is 2. The number of pyridine rings is 2. The molecule has 0 radical (unpaired) electrons. The summed E-state index contributed by atoms with van der Waals surface area (Å²) in [5.41, 5.74) is 5.08. The summed E-state index contributed by atoms with van der Waals surface area (Å²) >= 11 is 0. The zero-order valence-electron chi connectivity index (χ0n) is 14.3. The average Bonchev–Trinajstić information content (AvgIpc) is 3.01. The Morgan fingerprint density at radius 3 is 2.73 bits per heavy atom. The van der Waals surface area contributed by atoms with E-state index in [1.54, 1.807) is 18.6 Å². The lowest BCUT2D eigenvalue weighted by Gasteiger charge is -2.07. The normalized spacial score (nSPS) is 10.8. The van der Waals surface area contributed by atoms with Gasteiger partial charge in [0, 0.05) is 36.8 Å². The van der Waals surface area contributed by atoms with E-state index < -0.39 is 0 Å². The van der Waals surface area contributed by atoms with Crippen molar-refractivity contribution in [2.45, 2.75) is 13.8 Å². The van der Waals surface area contributed by atoms with Crippen LogP contribution in [-0.2, 0) is 4.79 Å². The maximum absolute atomic E-state index is 11.3. The lowest BCUT2D eigenvalue weighted by atomic mass is 10.1. The summed E-state index contributed by atoms with van der Waals surface area (Å²) < 4.78 is 0. The third kappa shape index (κ3) is 2.90. The fourth-order valence-corrected chi connectivity index (χ4v) is 2.86. The topological polar surface area (TPSA) is 96.5 Å². The maximum Gasteiger partial charge on any atom is 0.222 e. The van der Waals surface area contributed by atoms with Crippen LogP contribution in [0.25, 0.3) is 33.7 Å². The van der Waals surface area contributed by atoms with Gasteiger partial charge in [0.05, 0.1) is 22.3 Å². The summed E-state index contributed by atoms with van der Waals surface area (Å²) in [4.78, 5) is 32.4. The van der Waals surface area contributed by atoms with Gasteiger partial charge in [0.25, 0.3) is 0 Å². The van der Waals surface area contributed by atoms with Crippen molar-refractivity contribution < 1.29 is 4.79 Å². The number of aromatic nitrogens is 5. The molecule has 7 heteroatoms. The number of anilines is 1. The first kappa shape index (κ1) is 15.9. The number of carbonyl (C=O) groups is 1. The number of aromatic amines is 1. The Bertz CT molecular complexity index is 1120. The fourth-order valence-electron chi connectivity index (χ4n) is 2.86. The summed E-state index contributed by atoms with van der Waals surface area (Å²) in [6.45, 7) is 3.38. The van der Waals surface area contributed by atoms with Gasteiger partial charge in [-0.05, 0) is 37.3 Å². The van der Waals surface area contributed by atoms with E-state index in [-0.39, 0.29) is 5.91 Å². The van der Waals surface area contributed by atoms with E-state index >= 15 is 0 Å². The summed E-state index contributed by atoms with van der Waals surface area (Å²) in [6, 6.07) is 9.37. The van der Waals surface area contributed by atoms with Crippen molar-refractivity contribution in [2.24, 2.45) is 0 Å². The number of carbonyl (C=O) groups excluding carboxylic acids is 1. The minimum absolute atomic E-state index is 0.171. The lowest BCUT2D eigenvalue weighted by molar-refractivity contribution is -0.114. The third-order valence-corrected chi connectivity index (χ3v) is 3.93. The standard InChI is InChI=1S/C19H16N6O/c1-11-5-8-22-19(23-11)16-17(25-14-4-3-7-21-18(14)16)13-6-9-20-15(10-13)24-12(2)26/h3-10,25H,1-2H3,(H,20,24,26). The number of fused-ring (bicyclic) bond motifs is 1. The van der Waals surface area contributed by atoms with Gasteiger partial charge in [0.15, 0.2) is 5.82 Å². The minimum atomic E-state index is -0.171. The summed E-state index contributed by atoms with van der Waals surface area (Å²) in [5.74, 6) is 0.913. The van der Waals surface area contributed by atoms with Crippen LogP contribution in [0, 0.1) is 6.92 Å². The van der Waals surface area contributed by atoms with Crippen molar-refractivity contribution in [1.82, 2.24) is 24.9 Å². The monoisotopic (exact) mass is 344 g/mol. The molecule has 0 aliphatic carbocycles. The number of H-pyrrole nitrogens is 1. The van der Waals surface area contributed by atoms with Gasteiger partial charge in [-0.2, -0.15) is 0 Å². The highest BCUT2D eigenvalue weighted by molar-refractivity contribution is 6.00. The Morgan fingerprint density at radius 2 is 1.92 bits per heavy atom. The predicted molar refractivity (Wildman–Crippen MR) is 99.4 cm³/mol. The maximum atomic E-state index is 11.3. The molecule has 4 heterocycles. The molecule has 0 bridgehead atoms. The Kier molecular flexibility index (Phi) is 3.89. The highest BCUT2D eigenvalue weighted by atomic mass is 16.1. The van der Waals surface area contributed by atoms with Crippen LogP contribution in [0.4, 0.5) is 5.82 Å². The number of hydrogen-bond acceptors (Lipinski definition) is 5. The van der Waals surface area contributed by atoms with Gasteiger partial charge in [-0.15, -0.1) is 0 Å². The fraction of sp³-hybridized carbons (Fsp3) is 0.105. The van der Waals surface area contributed by atoms with Crippen molar-refractivity contribution in [3.8, 4) is 22.6 Å². The van der Waals surface area contributed by atoms with Crippen molar-refractivity contribution in [1.29, 1.82) is 0 Å². The highest BCUT2D eigenvalue weighted by Crippen LogP contribution is 2.35. The smallest absolute Gasteiger partial charge is 0.222 e. The van der Waals surface area contributed by atoms with E-state index in [0.29, 0.717) is 11.6 Å². The average molecular weight is 344 g/mol. The SMILES string of the molecule is CC(=O)Nc1cc(-c2[nH]c3cccnc3c2-c2nccc(C)n2)ccn1. The number of rotatable bonds is 3. The molecule has 4 aromatic rings. The zero-order valence-corrected chi connectivity index (χ0v) is 14.3. The molecule has 26 heavy (non-hydrogen) atoms. The predicted octanol–water partition coefficient (Wildman–Crippen LogP) is 3.35. The molecular weight excluding hydrogens is 328 g/mol. The zero-order chi connectivity index (χ0) is 18.1. The van der Waals surface area contributed by atoms with Gasteiger partial charge in [0.1, 0.15) is 5.82 Å². The molecule has 4 rings (SSSR count). The first-order valence-corrected chi connectivity index (χ1v) is 8.12. The van der Waals surface area contributed by atoms with Crippen LogP contribution in [0.3, 0.4) is 0 Å². The molecule has 0 aliphatic heterocycles. The van der Waals surface area contributed by atoms with Crippen LogP contribution in [0.5, 0.6) is 0 Å². The number of nitrogens with one attached hydrogen (secondary N) is 2. The molecular formula is C19H16N6O. The van der Waals surface area contributed by atoms with Crippen LogP contribution in [0.2, 0.25) is 0 Å². The molecule has 0 saturated heterocycles. The van der Waals surface area contributed by atoms with Crippen LogP contribution in [0.15, 0.2) is 48.9 Å². The number of nitrogens with zero attached hydrogens (tertiary/aromatic N) is 4. The second kappa shape index (κ2) is 6.36. The van der Waals surface area contributed by atoms with Gasteiger partial charge >= 0.3 is 0 Å². The van der Waals surface area contributed by atoms with Crippen molar-refractivity contribution in [2.75, 3.05) is 5.32 Å². The quantitative estimate of drug-likeness (QED) is 0.594. The molecule has 0 aromatic carbocycles. The Hall–Kier alpha value is -3.61. The van der Waals surface area contributed by atoms with E-state index in [0.717, 1.165) is 33.5 Å². The second-order valence-electron chi connectivity index (χ2n) is 5.91. The summed E-state index contributed by atoms with van der Waals surface area (Å²) in [6.07, 6.45) is 5.13. The van der Waals surface area contributed by atoms with Crippen molar-refractivity contribution in [3.63, 3.8) is 0 Å². The van der Waals surface area contributed by atoms with Gasteiger partial charge in [0.2, 0.25) is 5.91 Å². The summed E-state index contributed by atoms with van der Waals surface area (Å²) in [5, 5.41) is 2.71. The van der Waals surface area contributed by atoms with Gasteiger partial charge in [-0.3, -0.25) is 9.78 Å². The second-order valence-corrected chi connectivity index (χ2v) is 5.91.